The van der Waals surface area contributed by atoms with Gasteiger partial charge in [-0.3, -0.25) is 4.79 Å². The molecule has 0 unspecified atom stereocenters. The minimum Gasteiger partial charge on any atom is -0.332 e. The number of Topliss-reactive ketones (excluding diaryl/α,β-unsaturated/α-hetero) is 1. The van der Waals surface area contributed by atoms with Crippen molar-refractivity contribution in [3.63, 3.8) is 0 Å². The van der Waals surface area contributed by atoms with Gasteiger partial charge in [0.05, 0.1) is 5.52 Å². The maximum absolute atomic E-state index is 11.5. The molecule has 0 radical (unpaired) electrons. The Morgan fingerprint density at radius 3 is 2.72 bits per heavy atom. The Morgan fingerprint density at radius 2 is 2.11 bits per heavy atom. The van der Waals surface area contributed by atoms with E-state index in [0.29, 0.717) is 10.7 Å². The number of ketones is 1. The van der Waals surface area contributed by atoms with Crippen molar-refractivity contribution in [2.45, 2.75) is 13.8 Å². The Labute approximate surface area is 123 Å². The first-order chi connectivity index (χ1) is 8.10. The van der Waals surface area contributed by atoms with Crippen molar-refractivity contribution in [3.8, 4) is 0 Å². The summed E-state index contributed by atoms with van der Waals surface area (Å²) in [6.45, 7) is 3.15. The maximum Gasteiger partial charge on any atom is 0.223 e. The molecule has 0 bridgehead atoms. The number of aromatic nitrogens is 1. The van der Waals surface area contributed by atoms with Crippen molar-refractivity contribution in [1.29, 1.82) is 0 Å². The predicted molar refractivity (Wildman–Crippen MR) is 68.2 cm³/mol. The predicted octanol–water partition coefficient (Wildman–Crippen LogP) is 2.66. The summed E-state index contributed by atoms with van der Waals surface area (Å²) in [5, 5.41) is 3.19. The molecule has 1 heterocycles. The molecule has 18 heavy (non-hydrogen) atoms. The summed E-state index contributed by atoms with van der Waals surface area (Å²) in [5.41, 5.74) is 1.42. The summed E-state index contributed by atoms with van der Waals surface area (Å²) in [4.78, 5) is 26.7. The van der Waals surface area contributed by atoms with Crippen LogP contribution in [0, 0.1) is 6.42 Å². The van der Waals surface area contributed by atoms with Gasteiger partial charge in [0.1, 0.15) is 0 Å². The molecule has 0 aliphatic rings. The van der Waals surface area contributed by atoms with Crippen LogP contribution < -0.4 is 5.32 Å². The van der Waals surface area contributed by atoms with Crippen molar-refractivity contribution in [1.82, 2.24) is 4.98 Å². The van der Waals surface area contributed by atoms with E-state index in [0.717, 1.165) is 10.2 Å². The summed E-state index contributed by atoms with van der Waals surface area (Å²) >= 11 is 1.36. The first-order valence-corrected chi connectivity index (χ1v) is 5.93. The Morgan fingerprint density at radius 1 is 1.39 bits per heavy atom. The first kappa shape index (κ1) is 14.9. The minimum atomic E-state index is -0.151. The number of amides is 1. The fourth-order valence-electron chi connectivity index (χ4n) is 1.45. The molecular formula is C12H11N2O2SW-. The van der Waals surface area contributed by atoms with Crippen LogP contribution in [0.3, 0.4) is 0 Å². The van der Waals surface area contributed by atoms with Gasteiger partial charge < -0.3 is 10.1 Å². The van der Waals surface area contributed by atoms with Gasteiger partial charge in [-0.1, -0.05) is 17.4 Å². The second-order valence-electron chi connectivity index (χ2n) is 3.54. The fraction of sp³-hybridized carbons (Fsp3) is 0.167. The smallest absolute Gasteiger partial charge is 0.223 e. The van der Waals surface area contributed by atoms with E-state index in [4.69, 9.17) is 0 Å². The molecule has 0 saturated heterocycles. The quantitative estimate of drug-likeness (QED) is 0.601. The van der Waals surface area contributed by atoms with Crippen LogP contribution in [0.25, 0.3) is 10.2 Å². The first-order valence-electron chi connectivity index (χ1n) is 5.12. The molecule has 1 amide bonds. The average molecular weight is 431 g/mol. The molecule has 1 N–H and O–H groups in total. The van der Waals surface area contributed by atoms with Crippen molar-refractivity contribution in [2.75, 3.05) is 5.32 Å². The molecule has 94 valence electrons. The molecule has 2 rings (SSSR count). The number of hydrogen-bond acceptors (Lipinski definition) is 4. The summed E-state index contributed by atoms with van der Waals surface area (Å²) in [5.74, 6) is -0.163. The summed E-state index contributed by atoms with van der Waals surface area (Å²) < 4.78 is 0.890. The van der Waals surface area contributed by atoms with Crippen LogP contribution in [0.1, 0.15) is 24.2 Å². The fourth-order valence-corrected chi connectivity index (χ4v) is 2.40. The van der Waals surface area contributed by atoms with Gasteiger partial charge in [0.15, 0.2) is 5.13 Å². The van der Waals surface area contributed by atoms with Crippen LogP contribution in [-0.4, -0.2) is 16.7 Å². The summed E-state index contributed by atoms with van der Waals surface area (Å²) in [6.07, 6.45) is 1.52. The molecule has 0 fully saturated rings. The van der Waals surface area contributed by atoms with Crippen LogP contribution in [0.5, 0.6) is 0 Å². The van der Waals surface area contributed by atoms with E-state index in [-0.39, 0.29) is 32.8 Å². The third-order valence-corrected chi connectivity index (χ3v) is 3.15. The summed E-state index contributed by atoms with van der Waals surface area (Å²) in [7, 11) is 0. The van der Waals surface area contributed by atoms with Crippen molar-refractivity contribution >= 4 is 38.4 Å². The van der Waals surface area contributed by atoms with Crippen molar-refractivity contribution < 1.29 is 30.7 Å². The molecule has 1 aromatic carbocycles. The van der Waals surface area contributed by atoms with Crippen LogP contribution in [-0.2, 0) is 25.9 Å². The third-order valence-electron chi connectivity index (χ3n) is 2.22. The van der Waals surface area contributed by atoms with E-state index in [1.807, 2.05) is 0 Å². The van der Waals surface area contributed by atoms with Crippen molar-refractivity contribution in [2.24, 2.45) is 0 Å². The number of hydrogen-bond donors (Lipinski definition) is 1. The zero-order valence-corrected chi connectivity index (χ0v) is 13.6. The van der Waals surface area contributed by atoms with E-state index in [1.165, 1.54) is 24.7 Å². The van der Waals surface area contributed by atoms with Crippen LogP contribution in [0.2, 0.25) is 0 Å². The second kappa shape index (κ2) is 6.12. The Hall–Kier alpha value is -1.19. The number of fused-ring (bicyclic) bond motifs is 1. The van der Waals surface area contributed by atoms with Gasteiger partial charge in [0.25, 0.3) is 0 Å². The van der Waals surface area contributed by atoms with Gasteiger partial charge >= 0.3 is 0 Å². The van der Waals surface area contributed by atoms with E-state index >= 15 is 0 Å². The zero-order valence-electron chi connectivity index (χ0n) is 9.89. The molecule has 0 aliphatic carbocycles. The number of carbonyl (C=O) groups excluding carboxylic acids is 2. The monoisotopic (exact) mass is 431 g/mol. The van der Waals surface area contributed by atoms with Gasteiger partial charge in [0.2, 0.25) is 5.91 Å². The third kappa shape index (κ3) is 3.18. The van der Waals surface area contributed by atoms with Gasteiger partial charge in [-0.05, 0) is 0 Å². The normalized spacial score (nSPS) is 9.67. The number of thiazole rings is 1. The number of nitrogens with one attached hydrogen (secondary N) is 1. The van der Waals surface area contributed by atoms with Gasteiger partial charge in [0, 0.05) is 38.5 Å². The molecule has 6 heteroatoms. The average Bonchev–Trinajstić information content (AvgIpc) is 2.67. The standard InChI is InChI=1S/C12H11N2O2S.W/c1-3-10(16)8-4-5-9-11(6-8)17-12(14-9)13-7(2)15;/h3-6H,1-2H3,(H,13,14,15);/q-1;. The number of carbonyl (C=O) groups is 2. The number of benzene rings is 1. The molecule has 2 aromatic rings. The largest absolute Gasteiger partial charge is 0.332 e. The second-order valence-corrected chi connectivity index (χ2v) is 4.57. The molecule has 0 atom stereocenters. The molecule has 0 spiro atoms. The molecule has 0 aliphatic heterocycles. The Kier molecular flexibility index (Phi) is 5.05. The molecule has 0 saturated carbocycles. The van der Waals surface area contributed by atoms with Crippen molar-refractivity contribution in [3.05, 3.63) is 30.2 Å². The van der Waals surface area contributed by atoms with E-state index in [2.05, 4.69) is 10.3 Å². The van der Waals surface area contributed by atoms with Gasteiger partial charge in [-0.15, -0.1) is 24.6 Å². The van der Waals surface area contributed by atoms with Gasteiger partial charge in [-0.2, -0.15) is 6.42 Å². The molecule has 4 nitrogen and oxygen atoms in total. The van der Waals surface area contributed by atoms with E-state index in [1.54, 1.807) is 25.1 Å². The van der Waals surface area contributed by atoms with Gasteiger partial charge in [-0.25, -0.2) is 4.98 Å². The number of nitrogens with zero attached hydrogens (tertiary/aromatic N) is 1. The molecule has 1 aromatic heterocycles. The van der Waals surface area contributed by atoms with Crippen LogP contribution >= 0.6 is 11.3 Å². The SMILES string of the molecule is C[CH-]C(=O)c1ccc2nc(NC(C)=O)sc2c1.[W]. The number of anilines is 1. The summed E-state index contributed by atoms with van der Waals surface area (Å²) in [6, 6.07) is 5.32. The van der Waals surface area contributed by atoms with Crippen LogP contribution in [0.15, 0.2) is 18.2 Å². The Bertz CT molecular complexity index is 595. The number of rotatable bonds is 3. The van der Waals surface area contributed by atoms with Crippen LogP contribution in [0.4, 0.5) is 5.13 Å². The maximum atomic E-state index is 11.5. The zero-order chi connectivity index (χ0) is 12.4. The molecular weight excluding hydrogens is 420 g/mol. The minimum absolute atomic E-state index is 0. The topological polar surface area (TPSA) is 59.1 Å². The van der Waals surface area contributed by atoms with E-state index in [9.17, 15) is 9.59 Å². The van der Waals surface area contributed by atoms with E-state index < -0.39 is 0 Å². The Balaban J connectivity index is 0.00000162.